The Morgan fingerprint density at radius 2 is 1.16 bits per heavy atom. The van der Waals surface area contributed by atoms with Crippen molar-refractivity contribution in [2.75, 3.05) is 38.4 Å². The molecular weight excluding hydrogens is 813 g/mol. The average Bonchev–Trinajstić information content (AvgIpc) is 3.32. The third-order valence-corrected chi connectivity index (χ3v) is 7.84. The molecule has 0 aromatic heterocycles. The molecule has 348 valence electrons. The number of aryl methyl sites for hydroxylation is 1. The van der Waals surface area contributed by atoms with Crippen molar-refractivity contribution in [2.45, 2.75) is 86.5 Å². The maximum absolute atomic E-state index is 12.5. The van der Waals surface area contributed by atoms with Gasteiger partial charge in [-0.05, 0) is 136 Å². The zero-order valence-electron chi connectivity index (χ0n) is 38.8. The highest BCUT2D eigenvalue weighted by Crippen LogP contribution is 2.22. The molecule has 0 atom stereocenters. The summed E-state index contributed by atoms with van der Waals surface area (Å²) in [6.45, 7) is 26.1. The van der Waals surface area contributed by atoms with E-state index in [1.807, 2.05) is 107 Å². The van der Waals surface area contributed by atoms with Crippen LogP contribution < -0.4 is 14.8 Å². The van der Waals surface area contributed by atoms with Crippen molar-refractivity contribution in [3.05, 3.63) is 140 Å². The third kappa shape index (κ3) is 32.9. The summed E-state index contributed by atoms with van der Waals surface area (Å²) in [6.07, 6.45) is 18.9. The molecule has 1 N–H and O–H groups in total. The number of allylic oxidation sites excluding steroid dienone is 2. The molecule has 0 aliphatic heterocycles. The van der Waals surface area contributed by atoms with E-state index < -0.39 is 11.9 Å². The lowest BCUT2D eigenvalue weighted by atomic mass is 10.1. The Labute approximate surface area is 381 Å². The first-order chi connectivity index (χ1) is 31.0. The number of hydrogen-bond donors (Lipinski definition) is 1. The molecule has 0 saturated carbocycles. The predicted molar refractivity (Wildman–Crippen MR) is 260 cm³/mol. The second-order valence-electron chi connectivity index (χ2n) is 12.9. The van der Waals surface area contributed by atoms with Crippen molar-refractivity contribution < 1.29 is 47.7 Å². The van der Waals surface area contributed by atoms with Crippen LogP contribution in [0.5, 0.6) is 11.5 Å². The van der Waals surface area contributed by atoms with Crippen LogP contribution in [0.25, 0.3) is 6.08 Å². The summed E-state index contributed by atoms with van der Waals surface area (Å²) in [7, 11) is 0. The maximum atomic E-state index is 12.5. The van der Waals surface area contributed by atoms with Crippen molar-refractivity contribution in [3.8, 4) is 11.5 Å². The highest BCUT2D eigenvalue weighted by molar-refractivity contribution is 6.02. The Hall–Kier alpha value is -6.82. The van der Waals surface area contributed by atoms with Crippen LogP contribution in [-0.4, -0.2) is 69.7 Å². The van der Waals surface area contributed by atoms with E-state index in [1.54, 1.807) is 18.6 Å². The van der Waals surface area contributed by atoms with E-state index in [-0.39, 0.29) is 11.7 Å². The molecule has 0 aliphatic rings. The molecule has 3 aromatic carbocycles. The van der Waals surface area contributed by atoms with Crippen LogP contribution in [0.3, 0.4) is 0 Å². The summed E-state index contributed by atoms with van der Waals surface area (Å²) in [5, 5.41) is 2.91. The molecule has 0 spiro atoms. The van der Waals surface area contributed by atoms with Gasteiger partial charge in [0.2, 0.25) is 5.91 Å². The van der Waals surface area contributed by atoms with E-state index in [9.17, 15) is 19.2 Å². The minimum Gasteiger partial charge on any atom is -0.502 e. The average molecular weight is 883 g/mol. The number of carbonyl (C=O) groups is 5. The van der Waals surface area contributed by atoms with Crippen LogP contribution >= 0.6 is 0 Å². The number of carbonyl (C=O) groups excluding carboxylic acids is 5. The second-order valence-corrected chi connectivity index (χ2v) is 12.9. The number of unbranched alkanes of at least 4 members (excludes halogenated alkanes) is 4. The Kier molecular flexibility index (Phi) is 38.5. The number of ketones is 1. The van der Waals surface area contributed by atoms with Crippen molar-refractivity contribution in [1.29, 1.82) is 0 Å². The minimum absolute atomic E-state index is 0.0185. The lowest BCUT2D eigenvalue weighted by Crippen LogP contribution is -2.08. The minimum atomic E-state index is -0.421. The number of nitrogens with one attached hydrogen (secondary N) is 1. The zero-order chi connectivity index (χ0) is 48.2. The summed E-state index contributed by atoms with van der Waals surface area (Å²) >= 11 is 0. The number of aliphatic imine (C=N–C) groups is 1. The zero-order valence-corrected chi connectivity index (χ0v) is 38.8. The molecule has 3 rings (SSSR count). The number of hydrogen-bond acceptors (Lipinski definition) is 11. The molecule has 0 bridgehead atoms. The predicted octanol–water partition coefficient (Wildman–Crippen LogP) is 11.5. The summed E-state index contributed by atoms with van der Waals surface area (Å²) in [5.74, 6) is 0.423. The number of amides is 1. The quantitative estimate of drug-likeness (QED) is 0.0286. The van der Waals surface area contributed by atoms with Crippen molar-refractivity contribution in [2.24, 2.45) is 4.99 Å². The van der Waals surface area contributed by atoms with Crippen LogP contribution in [0, 0.1) is 6.92 Å². The van der Waals surface area contributed by atoms with Crippen LogP contribution in [0.15, 0.2) is 128 Å². The number of anilines is 1. The molecule has 0 aliphatic carbocycles. The standard InChI is InChI=1S/C37H40N2O7.C8H16O.C4H6O.C2H6.CH2O/c1-4-36(41)45-24-8-6-22-43-32-16-10-29(11-17-32)14-21-35(40)39-34-20-15-31(26-28(34)3)38-27-30-12-18-33(19-13-30)44-23-7-9-25-46-37(42)5-2;1-3-5-6-8-9-7-4-2;1-3-4(2)5;2*1-2/h4-5,10-21,26-27H,1-2,6-9,22-25H2,3H3,(H,39,40);4,7H,3,5-6,8H2,1-2H3;3H,1H2,2H3;1-2H3;1H2/b21-14+,38-27?;7-4+;;;. The Morgan fingerprint density at radius 3 is 1.61 bits per heavy atom. The number of ether oxygens (including phenoxy) is 5. The van der Waals surface area contributed by atoms with Gasteiger partial charge in [-0.15, -0.1) is 0 Å². The van der Waals surface area contributed by atoms with Crippen LogP contribution in [-0.2, 0) is 38.2 Å². The van der Waals surface area contributed by atoms with E-state index in [1.165, 1.54) is 38.3 Å². The first-order valence-electron chi connectivity index (χ1n) is 21.4. The van der Waals surface area contributed by atoms with Gasteiger partial charge < -0.3 is 33.8 Å². The second kappa shape index (κ2) is 41.5. The third-order valence-electron chi connectivity index (χ3n) is 7.84. The Morgan fingerprint density at radius 1 is 0.672 bits per heavy atom. The lowest BCUT2D eigenvalue weighted by Gasteiger charge is -2.08. The highest BCUT2D eigenvalue weighted by Gasteiger charge is 2.04. The number of benzene rings is 3. The summed E-state index contributed by atoms with van der Waals surface area (Å²) in [4.78, 5) is 56.8. The fraction of sp³-hybridized carbons (Fsp3) is 0.346. The van der Waals surface area contributed by atoms with Crippen molar-refractivity contribution in [1.82, 2.24) is 0 Å². The summed E-state index contributed by atoms with van der Waals surface area (Å²) in [5.41, 5.74) is 4.15. The normalized spacial score (nSPS) is 9.91. The lowest BCUT2D eigenvalue weighted by molar-refractivity contribution is -0.138. The molecule has 0 radical (unpaired) electrons. The van der Waals surface area contributed by atoms with Gasteiger partial charge in [0.15, 0.2) is 5.78 Å². The van der Waals surface area contributed by atoms with Gasteiger partial charge in [-0.2, -0.15) is 0 Å². The van der Waals surface area contributed by atoms with Crippen LogP contribution in [0.1, 0.15) is 96.3 Å². The largest absolute Gasteiger partial charge is 0.502 e. The Balaban J connectivity index is 0. The molecule has 12 nitrogen and oxygen atoms in total. The maximum Gasteiger partial charge on any atom is 0.330 e. The first kappa shape index (κ1) is 59.3. The molecule has 12 heteroatoms. The van der Waals surface area contributed by atoms with Crippen LogP contribution in [0.2, 0.25) is 0 Å². The molecule has 64 heavy (non-hydrogen) atoms. The van der Waals surface area contributed by atoms with Gasteiger partial charge in [0.1, 0.15) is 18.3 Å². The van der Waals surface area contributed by atoms with E-state index in [4.69, 9.17) is 28.5 Å². The van der Waals surface area contributed by atoms with Gasteiger partial charge >= 0.3 is 11.9 Å². The highest BCUT2D eigenvalue weighted by atomic mass is 16.5. The van der Waals surface area contributed by atoms with E-state index in [0.717, 1.165) is 71.9 Å². The van der Waals surface area contributed by atoms with Crippen molar-refractivity contribution in [3.63, 3.8) is 0 Å². The van der Waals surface area contributed by atoms with E-state index in [2.05, 4.69) is 37.0 Å². The van der Waals surface area contributed by atoms with Gasteiger partial charge in [-0.1, -0.05) is 71.6 Å². The topological polar surface area (TPSA) is 156 Å². The fourth-order valence-corrected chi connectivity index (χ4v) is 4.54. The number of rotatable bonds is 25. The van der Waals surface area contributed by atoms with Crippen LogP contribution in [0.4, 0.5) is 11.4 Å². The van der Waals surface area contributed by atoms with Crippen molar-refractivity contribution >= 4 is 54.1 Å². The summed E-state index contributed by atoms with van der Waals surface area (Å²) in [6, 6.07) is 20.6. The Bertz CT molecular complexity index is 1850. The van der Waals surface area contributed by atoms with Gasteiger partial charge in [0.05, 0.1) is 45.0 Å². The SMILES string of the molecule is C/C=C/OCCCCC.C=CC(=O)OCCCCOc1ccc(C=Nc2ccc(NC(=O)/C=C/c3ccc(OCCCCOC(=O)C=C)cc3)c(C)c2)cc1.C=CC(C)=O.C=O.CC. The van der Waals surface area contributed by atoms with E-state index in [0.29, 0.717) is 38.5 Å². The van der Waals surface area contributed by atoms with E-state index >= 15 is 0 Å². The number of nitrogens with zero attached hydrogens (tertiary/aromatic N) is 1. The van der Waals surface area contributed by atoms with Gasteiger partial charge in [-0.3, -0.25) is 14.6 Å². The molecule has 1 amide bonds. The monoisotopic (exact) mass is 883 g/mol. The molecule has 0 unspecified atom stereocenters. The smallest absolute Gasteiger partial charge is 0.330 e. The summed E-state index contributed by atoms with van der Waals surface area (Å²) < 4.78 is 26.4. The first-order valence-corrected chi connectivity index (χ1v) is 21.4. The molecule has 0 heterocycles. The molecular formula is C52H70N2O10. The van der Waals surface area contributed by atoms with Gasteiger partial charge in [0, 0.05) is 30.1 Å². The van der Waals surface area contributed by atoms with Gasteiger partial charge in [0.25, 0.3) is 0 Å². The molecule has 3 aromatic rings. The number of esters is 2. The van der Waals surface area contributed by atoms with Gasteiger partial charge in [-0.25, -0.2) is 9.59 Å². The molecule has 0 fully saturated rings. The molecule has 0 saturated heterocycles. The fourth-order valence-electron chi connectivity index (χ4n) is 4.54.